The number of fused-ring (bicyclic) bond motifs is 3. The minimum absolute atomic E-state index is 0.0592. The Morgan fingerprint density at radius 2 is 1.70 bits per heavy atom. The highest BCUT2D eigenvalue weighted by molar-refractivity contribution is 6.31. The quantitative estimate of drug-likeness (QED) is 0.486. The standard InChI is InChI=1S/C25H22ClN3O/c26-23-11-5-4-9-19(23)16-28-14-12-20-21-10-6-13-27-24(21)29(25(30)22(20)17-28)15-18-7-2-1-3-8-18/h1-11,13H,12,14-17H2. The van der Waals surface area contributed by atoms with E-state index in [0.29, 0.717) is 13.1 Å². The van der Waals surface area contributed by atoms with Crippen molar-refractivity contribution in [1.29, 1.82) is 0 Å². The second-order valence-corrected chi connectivity index (χ2v) is 8.17. The first-order chi connectivity index (χ1) is 14.7. The average molecular weight is 416 g/mol. The normalized spacial score (nSPS) is 14.0. The molecule has 0 amide bonds. The van der Waals surface area contributed by atoms with E-state index >= 15 is 0 Å². The number of hydrogen-bond donors (Lipinski definition) is 0. The molecule has 0 bridgehead atoms. The first-order valence-corrected chi connectivity index (χ1v) is 10.6. The molecule has 0 saturated carbocycles. The third-order valence-electron chi connectivity index (χ3n) is 5.83. The minimum Gasteiger partial charge on any atom is -0.294 e. The molecule has 5 heteroatoms. The molecule has 1 aliphatic heterocycles. The zero-order valence-electron chi connectivity index (χ0n) is 16.6. The van der Waals surface area contributed by atoms with E-state index in [9.17, 15) is 4.79 Å². The Bertz CT molecular complexity index is 1270. The summed E-state index contributed by atoms with van der Waals surface area (Å²) in [6, 6.07) is 22.0. The van der Waals surface area contributed by atoms with Crippen molar-refractivity contribution < 1.29 is 0 Å². The van der Waals surface area contributed by atoms with Crippen LogP contribution in [0.5, 0.6) is 0 Å². The van der Waals surface area contributed by atoms with Gasteiger partial charge in [-0.1, -0.05) is 60.1 Å². The molecule has 4 nitrogen and oxygen atoms in total. The van der Waals surface area contributed by atoms with Crippen LogP contribution in [0.3, 0.4) is 0 Å². The second kappa shape index (κ2) is 8.05. The van der Waals surface area contributed by atoms with Crippen LogP contribution < -0.4 is 5.56 Å². The Labute approximate surface area is 180 Å². The molecule has 0 saturated heterocycles. The molecule has 30 heavy (non-hydrogen) atoms. The van der Waals surface area contributed by atoms with Crippen molar-refractivity contribution >= 4 is 22.6 Å². The molecule has 0 fully saturated rings. The highest BCUT2D eigenvalue weighted by atomic mass is 35.5. The smallest absolute Gasteiger partial charge is 0.257 e. The van der Waals surface area contributed by atoms with Gasteiger partial charge in [0.2, 0.25) is 0 Å². The molecule has 0 N–H and O–H groups in total. The lowest BCUT2D eigenvalue weighted by molar-refractivity contribution is 0.244. The van der Waals surface area contributed by atoms with Gasteiger partial charge in [0.05, 0.1) is 6.54 Å². The van der Waals surface area contributed by atoms with Crippen LogP contribution in [-0.2, 0) is 26.1 Å². The number of rotatable bonds is 4. The number of halogens is 1. The Morgan fingerprint density at radius 3 is 2.53 bits per heavy atom. The third kappa shape index (κ3) is 3.53. The van der Waals surface area contributed by atoms with Crippen LogP contribution in [0.1, 0.15) is 22.3 Å². The van der Waals surface area contributed by atoms with Crippen LogP contribution >= 0.6 is 11.6 Å². The summed E-state index contributed by atoms with van der Waals surface area (Å²) in [6.45, 7) is 2.77. The third-order valence-corrected chi connectivity index (χ3v) is 6.20. The fraction of sp³-hybridized carbons (Fsp3) is 0.200. The maximum atomic E-state index is 13.6. The van der Waals surface area contributed by atoms with Crippen molar-refractivity contribution in [2.24, 2.45) is 0 Å². The lowest BCUT2D eigenvalue weighted by atomic mass is 9.97. The summed E-state index contributed by atoms with van der Waals surface area (Å²) in [5, 5.41) is 1.85. The topological polar surface area (TPSA) is 38.1 Å². The number of benzene rings is 2. The summed E-state index contributed by atoms with van der Waals surface area (Å²) in [7, 11) is 0. The van der Waals surface area contributed by atoms with Gasteiger partial charge in [-0.25, -0.2) is 4.98 Å². The zero-order valence-corrected chi connectivity index (χ0v) is 17.3. The summed E-state index contributed by atoms with van der Waals surface area (Å²) < 4.78 is 1.82. The van der Waals surface area contributed by atoms with E-state index in [1.807, 2.05) is 59.2 Å². The predicted octanol–water partition coefficient (Wildman–Crippen LogP) is 4.66. The van der Waals surface area contributed by atoms with Crippen molar-refractivity contribution in [3.8, 4) is 0 Å². The summed E-state index contributed by atoms with van der Waals surface area (Å²) in [5.74, 6) is 0. The number of pyridine rings is 2. The van der Waals surface area contributed by atoms with Gasteiger partial charge in [-0.3, -0.25) is 14.3 Å². The van der Waals surface area contributed by atoms with Crippen molar-refractivity contribution in [3.05, 3.63) is 111 Å². The largest absolute Gasteiger partial charge is 0.294 e. The van der Waals surface area contributed by atoms with Gasteiger partial charge in [0, 0.05) is 41.8 Å². The van der Waals surface area contributed by atoms with Gasteiger partial charge in [0.25, 0.3) is 5.56 Å². The van der Waals surface area contributed by atoms with E-state index < -0.39 is 0 Å². The summed E-state index contributed by atoms with van der Waals surface area (Å²) >= 11 is 6.37. The van der Waals surface area contributed by atoms with E-state index in [-0.39, 0.29) is 5.56 Å². The van der Waals surface area contributed by atoms with E-state index in [0.717, 1.165) is 57.8 Å². The van der Waals surface area contributed by atoms with Gasteiger partial charge in [0.1, 0.15) is 5.65 Å². The summed E-state index contributed by atoms with van der Waals surface area (Å²) in [5.41, 5.74) is 5.03. The first-order valence-electron chi connectivity index (χ1n) is 10.2. The van der Waals surface area contributed by atoms with E-state index in [2.05, 4.69) is 22.0 Å². The number of nitrogens with zero attached hydrogens (tertiary/aromatic N) is 3. The second-order valence-electron chi connectivity index (χ2n) is 7.76. The highest BCUT2D eigenvalue weighted by Gasteiger charge is 2.24. The molecule has 0 atom stereocenters. The Balaban J connectivity index is 1.56. The molecule has 0 radical (unpaired) electrons. The molecule has 4 aromatic rings. The van der Waals surface area contributed by atoms with Gasteiger partial charge < -0.3 is 0 Å². The van der Waals surface area contributed by atoms with Crippen LogP contribution in [-0.4, -0.2) is 21.0 Å². The van der Waals surface area contributed by atoms with Gasteiger partial charge in [-0.15, -0.1) is 0 Å². The average Bonchev–Trinajstić information content (AvgIpc) is 2.79. The minimum atomic E-state index is 0.0592. The van der Waals surface area contributed by atoms with Crippen LogP contribution in [0.4, 0.5) is 0 Å². The highest BCUT2D eigenvalue weighted by Crippen LogP contribution is 2.26. The van der Waals surface area contributed by atoms with Crippen molar-refractivity contribution in [2.75, 3.05) is 6.54 Å². The Morgan fingerprint density at radius 1 is 0.900 bits per heavy atom. The Hall–Kier alpha value is -2.95. The van der Waals surface area contributed by atoms with E-state index in [1.165, 1.54) is 0 Å². The van der Waals surface area contributed by atoms with Crippen LogP contribution in [0, 0.1) is 0 Å². The molecular formula is C25H22ClN3O. The number of hydrogen-bond acceptors (Lipinski definition) is 3. The zero-order chi connectivity index (χ0) is 20.5. The maximum absolute atomic E-state index is 13.6. The fourth-order valence-electron chi connectivity index (χ4n) is 4.33. The number of aromatic nitrogens is 2. The molecule has 2 aromatic heterocycles. The van der Waals surface area contributed by atoms with Gasteiger partial charge in [-0.05, 0) is 41.3 Å². The van der Waals surface area contributed by atoms with Crippen LogP contribution in [0.15, 0.2) is 77.7 Å². The molecule has 2 aromatic carbocycles. The van der Waals surface area contributed by atoms with Crippen LogP contribution in [0.2, 0.25) is 5.02 Å². The lowest BCUT2D eigenvalue weighted by Gasteiger charge is -2.30. The molecule has 150 valence electrons. The van der Waals surface area contributed by atoms with E-state index in [4.69, 9.17) is 11.6 Å². The van der Waals surface area contributed by atoms with Crippen molar-refractivity contribution in [1.82, 2.24) is 14.5 Å². The van der Waals surface area contributed by atoms with Gasteiger partial charge >= 0.3 is 0 Å². The molecule has 3 heterocycles. The van der Waals surface area contributed by atoms with Gasteiger partial charge in [0.15, 0.2) is 0 Å². The molecule has 0 unspecified atom stereocenters. The predicted molar refractivity (Wildman–Crippen MR) is 121 cm³/mol. The monoisotopic (exact) mass is 415 g/mol. The first kappa shape index (κ1) is 19.0. The fourth-order valence-corrected chi connectivity index (χ4v) is 4.53. The van der Waals surface area contributed by atoms with Crippen molar-refractivity contribution in [3.63, 3.8) is 0 Å². The van der Waals surface area contributed by atoms with Crippen molar-refractivity contribution in [2.45, 2.75) is 26.1 Å². The maximum Gasteiger partial charge on any atom is 0.257 e. The molecular weight excluding hydrogens is 394 g/mol. The van der Waals surface area contributed by atoms with Crippen LogP contribution in [0.25, 0.3) is 11.0 Å². The molecule has 5 rings (SSSR count). The summed E-state index contributed by atoms with van der Waals surface area (Å²) in [6.07, 6.45) is 2.60. The molecule has 0 aliphatic carbocycles. The lowest BCUT2D eigenvalue weighted by Crippen LogP contribution is -2.37. The SMILES string of the molecule is O=c1c2c(c3cccnc3n1Cc1ccccc1)CCN(Cc1ccccc1Cl)C2. The van der Waals surface area contributed by atoms with E-state index in [1.54, 1.807) is 6.20 Å². The molecule has 1 aliphatic rings. The summed E-state index contributed by atoms with van der Waals surface area (Å²) in [4.78, 5) is 20.4. The van der Waals surface area contributed by atoms with Gasteiger partial charge in [-0.2, -0.15) is 0 Å². The molecule has 0 spiro atoms. The Kier molecular flexibility index (Phi) is 5.11.